The zero-order valence-electron chi connectivity index (χ0n) is 12.9. The van der Waals surface area contributed by atoms with Crippen LogP contribution >= 0.6 is 11.6 Å². The van der Waals surface area contributed by atoms with Gasteiger partial charge in [-0.15, -0.1) is 5.10 Å². The number of hydrogen-bond acceptors (Lipinski definition) is 4. The minimum Gasteiger partial charge on any atom is -0.388 e. The first-order chi connectivity index (χ1) is 12.0. The Balaban J connectivity index is 1.66. The summed E-state index contributed by atoms with van der Waals surface area (Å²) in [4.78, 5) is 23.8. The summed E-state index contributed by atoms with van der Waals surface area (Å²) in [6.45, 7) is -0.0656. The van der Waals surface area contributed by atoms with Crippen LogP contribution < -0.4 is 11.1 Å². The number of hydrogen-bond donors (Lipinski definition) is 1. The topological polar surface area (TPSA) is 77.1 Å². The molecule has 0 unspecified atom stereocenters. The number of carbonyl (C=O) groups excluding carboxylic acids is 1. The highest BCUT2D eigenvalue weighted by atomic mass is 35.5. The van der Waals surface area contributed by atoms with Crippen LogP contribution in [0.4, 0.5) is 4.39 Å². The molecule has 0 aliphatic rings. The van der Waals surface area contributed by atoms with Crippen LogP contribution in [0.15, 0.2) is 57.7 Å². The molecule has 0 atom stereocenters. The van der Waals surface area contributed by atoms with Crippen molar-refractivity contribution in [2.75, 3.05) is 0 Å². The first-order valence-electron chi connectivity index (χ1n) is 7.37. The summed E-state index contributed by atoms with van der Waals surface area (Å²) in [5.41, 5.74) is 1.20. The molecule has 1 aromatic heterocycles. The zero-order valence-corrected chi connectivity index (χ0v) is 13.7. The number of halogens is 2. The van der Waals surface area contributed by atoms with Crippen molar-refractivity contribution < 1.29 is 13.6 Å². The molecular weight excluding hydrogens is 349 g/mol. The van der Waals surface area contributed by atoms with E-state index in [-0.39, 0.29) is 19.0 Å². The van der Waals surface area contributed by atoms with Gasteiger partial charge in [0, 0.05) is 17.1 Å². The van der Waals surface area contributed by atoms with E-state index in [9.17, 15) is 14.0 Å². The largest absolute Gasteiger partial charge is 0.437 e. The summed E-state index contributed by atoms with van der Waals surface area (Å²) in [5.74, 6) is -1.58. The van der Waals surface area contributed by atoms with Gasteiger partial charge in [0.2, 0.25) is 11.8 Å². The lowest BCUT2D eigenvalue weighted by Gasteiger charge is -2.06. The van der Waals surface area contributed by atoms with Gasteiger partial charge in [0.05, 0.1) is 0 Å². The number of nitrogens with zero attached hydrogens (tertiary/aromatic N) is 2. The minimum absolute atomic E-state index is 0.0175. The SMILES string of the molecule is O=C(Cn1nc(-c2ccc(F)cc2)oc1=O)NCc1ccccc1Cl. The Labute approximate surface area is 146 Å². The monoisotopic (exact) mass is 361 g/mol. The summed E-state index contributed by atoms with van der Waals surface area (Å²) in [6.07, 6.45) is 0. The van der Waals surface area contributed by atoms with Gasteiger partial charge in [-0.2, -0.15) is 4.68 Å². The van der Waals surface area contributed by atoms with E-state index in [0.29, 0.717) is 10.6 Å². The van der Waals surface area contributed by atoms with Gasteiger partial charge in [-0.25, -0.2) is 9.18 Å². The normalized spacial score (nSPS) is 10.6. The Bertz CT molecular complexity index is 950. The van der Waals surface area contributed by atoms with Gasteiger partial charge in [-0.05, 0) is 35.9 Å². The highest BCUT2D eigenvalue weighted by Gasteiger charge is 2.13. The van der Waals surface area contributed by atoms with E-state index >= 15 is 0 Å². The summed E-state index contributed by atoms with van der Waals surface area (Å²) in [5, 5.41) is 7.15. The fourth-order valence-corrected chi connectivity index (χ4v) is 2.35. The molecule has 8 heteroatoms. The number of nitrogens with one attached hydrogen (secondary N) is 1. The Morgan fingerprint density at radius 3 is 2.64 bits per heavy atom. The quantitative estimate of drug-likeness (QED) is 0.757. The standard InChI is InChI=1S/C17H13ClFN3O3/c18-14-4-2-1-3-12(14)9-20-15(23)10-22-17(24)25-16(21-22)11-5-7-13(19)8-6-11/h1-8H,9-10H2,(H,20,23). The molecule has 1 amide bonds. The first-order valence-corrected chi connectivity index (χ1v) is 7.75. The Morgan fingerprint density at radius 1 is 1.20 bits per heavy atom. The van der Waals surface area contributed by atoms with Crippen LogP contribution in [0, 0.1) is 5.82 Å². The maximum Gasteiger partial charge on any atom is 0.437 e. The van der Waals surface area contributed by atoms with Crippen LogP contribution in [-0.2, 0) is 17.9 Å². The van der Waals surface area contributed by atoms with Gasteiger partial charge in [-0.1, -0.05) is 29.8 Å². The van der Waals surface area contributed by atoms with E-state index in [0.717, 1.165) is 10.2 Å². The van der Waals surface area contributed by atoms with Crippen molar-refractivity contribution >= 4 is 17.5 Å². The summed E-state index contributed by atoms with van der Waals surface area (Å²) >= 11 is 6.01. The fourth-order valence-electron chi connectivity index (χ4n) is 2.14. The molecule has 0 aliphatic heterocycles. The van der Waals surface area contributed by atoms with Crippen molar-refractivity contribution in [3.8, 4) is 11.5 Å². The lowest BCUT2D eigenvalue weighted by Crippen LogP contribution is -2.31. The molecule has 3 aromatic rings. The van der Waals surface area contributed by atoms with Gasteiger partial charge in [0.1, 0.15) is 12.4 Å². The van der Waals surface area contributed by atoms with Crippen LogP contribution in [0.25, 0.3) is 11.5 Å². The van der Waals surface area contributed by atoms with E-state index in [2.05, 4.69) is 10.4 Å². The first kappa shape index (κ1) is 16.9. The number of amides is 1. The van der Waals surface area contributed by atoms with Gasteiger partial charge in [0.15, 0.2) is 0 Å². The Kier molecular flexibility index (Phi) is 4.95. The highest BCUT2D eigenvalue weighted by molar-refractivity contribution is 6.31. The predicted octanol–water partition coefficient (Wildman–Crippen LogP) is 2.61. The van der Waals surface area contributed by atoms with Crippen molar-refractivity contribution in [1.29, 1.82) is 0 Å². The molecule has 3 rings (SSSR count). The van der Waals surface area contributed by atoms with E-state index in [1.54, 1.807) is 18.2 Å². The van der Waals surface area contributed by atoms with Crippen LogP contribution in [0.5, 0.6) is 0 Å². The van der Waals surface area contributed by atoms with Crippen molar-refractivity contribution in [3.05, 3.63) is 75.5 Å². The lowest BCUT2D eigenvalue weighted by molar-refractivity contribution is -0.122. The van der Waals surface area contributed by atoms with Crippen molar-refractivity contribution in [2.24, 2.45) is 0 Å². The second-order valence-electron chi connectivity index (χ2n) is 5.21. The molecule has 0 saturated carbocycles. The molecule has 0 bridgehead atoms. The second-order valence-corrected chi connectivity index (χ2v) is 5.61. The van der Waals surface area contributed by atoms with Crippen LogP contribution in [0.3, 0.4) is 0 Å². The molecule has 0 saturated heterocycles. The zero-order chi connectivity index (χ0) is 17.8. The average molecular weight is 362 g/mol. The third-order valence-electron chi connectivity index (χ3n) is 3.42. The number of carbonyl (C=O) groups is 1. The molecule has 25 heavy (non-hydrogen) atoms. The maximum atomic E-state index is 12.9. The molecule has 0 fully saturated rings. The highest BCUT2D eigenvalue weighted by Crippen LogP contribution is 2.16. The van der Waals surface area contributed by atoms with Crippen LogP contribution in [0.1, 0.15) is 5.56 Å². The van der Waals surface area contributed by atoms with Crippen molar-refractivity contribution in [1.82, 2.24) is 15.1 Å². The van der Waals surface area contributed by atoms with Gasteiger partial charge >= 0.3 is 5.76 Å². The summed E-state index contributed by atoms with van der Waals surface area (Å²) < 4.78 is 18.8. The summed E-state index contributed by atoms with van der Waals surface area (Å²) in [7, 11) is 0. The van der Waals surface area contributed by atoms with E-state index in [1.807, 2.05) is 6.07 Å². The Morgan fingerprint density at radius 2 is 1.92 bits per heavy atom. The van der Waals surface area contributed by atoms with Gasteiger partial charge < -0.3 is 9.73 Å². The van der Waals surface area contributed by atoms with E-state index in [4.69, 9.17) is 16.0 Å². The molecule has 2 aromatic carbocycles. The van der Waals surface area contributed by atoms with E-state index < -0.39 is 17.5 Å². The molecule has 0 spiro atoms. The summed E-state index contributed by atoms with van der Waals surface area (Å²) in [6, 6.07) is 12.4. The second kappa shape index (κ2) is 7.31. The molecular formula is C17H13ClFN3O3. The lowest BCUT2D eigenvalue weighted by atomic mass is 10.2. The third kappa shape index (κ3) is 4.13. The van der Waals surface area contributed by atoms with Gasteiger partial charge in [-0.3, -0.25) is 4.79 Å². The molecule has 0 radical (unpaired) electrons. The molecule has 0 aliphatic carbocycles. The number of rotatable bonds is 5. The number of aromatic nitrogens is 2. The number of benzene rings is 2. The maximum absolute atomic E-state index is 12.9. The fraction of sp³-hybridized carbons (Fsp3) is 0.118. The van der Waals surface area contributed by atoms with Gasteiger partial charge in [0.25, 0.3) is 0 Å². The minimum atomic E-state index is -0.771. The molecule has 6 nitrogen and oxygen atoms in total. The Hall–Kier alpha value is -2.93. The average Bonchev–Trinajstić information content (AvgIpc) is 2.95. The van der Waals surface area contributed by atoms with Crippen LogP contribution in [0.2, 0.25) is 5.02 Å². The van der Waals surface area contributed by atoms with Crippen molar-refractivity contribution in [2.45, 2.75) is 13.1 Å². The van der Waals surface area contributed by atoms with Crippen LogP contribution in [-0.4, -0.2) is 15.7 Å². The predicted molar refractivity (Wildman–Crippen MR) is 89.5 cm³/mol. The molecule has 128 valence electrons. The third-order valence-corrected chi connectivity index (χ3v) is 3.79. The van der Waals surface area contributed by atoms with Crippen molar-refractivity contribution in [3.63, 3.8) is 0 Å². The van der Waals surface area contributed by atoms with E-state index in [1.165, 1.54) is 24.3 Å². The molecule has 1 N–H and O–H groups in total. The molecule has 1 heterocycles. The smallest absolute Gasteiger partial charge is 0.388 e.